The Bertz CT molecular complexity index is 1870. The molecule has 0 bridgehead atoms. The molecule has 18 nitrogen and oxygen atoms in total. The van der Waals surface area contributed by atoms with E-state index in [-0.39, 0.29) is 31.1 Å². The predicted molar refractivity (Wildman–Crippen MR) is 267 cm³/mol. The lowest BCUT2D eigenvalue weighted by atomic mass is 9.79. The number of ketones is 1. The summed E-state index contributed by atoms with van der Waals surface area (Å²) in [5.41, 5.74) is 0.442. The van der Waals surface area contributed by atoms with Crippen LogP contribution in [0.2, 0.25) is 0 Å². The van der Waals surface area contributed by atoms with Crippen molar-refractivity contribution in [1.29, 1.82) is 0 Å². The minimum atomic E-state index is -1.48. The highest BCUT2D eigenvalue weighted by molar-refractivity contribution is 5.91. The topological polar surface area (TPSA) is 234 Å². The molecule has 3 fully saturated rings. The normalized spacial score (nSPS) is 42.2. The van der Waals surface area contributed by atoms with E-state index in [9.17, 15) is 35.1 Å². The molecule has 0 saturated carbocycles. The summed E-state index contributed by atoms with van der Waals surface area (Å²) >= 11 is 0. The molecule has 410 valence electrons. The van der Waals surface area contributed by atoms with E-state index in [1.165, 1.54) is 26.7 Å². The van der Waals surface area contributed by atoms with Gasteiger partial charge in [0.05, 0.1) is 55.2 Å². The quantitative estimate of drug-likeness (QED) is 0.0969. The summed E-state index contributed by atoms with van der Waals surface area (Å²) in [6.45, 7) is 15.4. The van der Waals surface area contributed by atoms with Gasteiger partial charge >= 0.3 is 5.97 Å². The van der Waals surface area contributed by atoms with Crippen molar-refractivity contribution >= 4 is 11.8 Å². The van der Waals surface area contributed by atoms with Crippen LogP contribution in [-0.4, -0.2) is 194 Å². The fourth-order valence-corrected chi connectivity index (χ4v) is 10.7. The Labute approximate surface area is 427 Å². The lowest BCUT2D eigenvalue weighted by molar-refractivity contribution is -0.342. The number of esters is 1. The lowest BCUT2D eigenvalue weighted by Gasteiger charge is -2.50. The van der Waals surface area contributed by atoms with Crippen LogP contribution in [-0.2, 0) is 58.6 Å². The average molecular weight is 1020 g/mol. The van der Waals surface area contributed by atoms with Crippen LogP contribution in [0.3, 0.4) is 0 Å². The molecule has 6 N–H and O–H groups in total. The van der Waals surface area contributed by atoms with Crippen LogP contribution >= 0.6 is 0 Å². The van der Waals surface area contributed by atoms with Gasteiger partial charge in [-0.25, -0.2) is 0 Å². The molecule has 0 unspecified atom stereocenters. The van der Waals surface area contributed by atoms with Crippen LogP contribution in [0.25, 0.3) is 0 Å². The van der Waals surface area contributed by atoms with Crippen LogP contribution in [0.15, 0.2) is 54.1 Å². The fourth-order valence-electron chi connectivity index (χ4n) is 10.7. The Morgan fingerprint density at radius 1 is 0.819 bits per heavy atom. The van der Waals surface area contributed by atoms with Gasteiger partial charge in [0, 0.05) is 38.4 Å². The average Bonchev–Trinajstić information content (AvgIpc) is 3.33. The summed E-state index contributed by atoms with van der Waals surface area (Å²) in [7, 11) is 6.57. The van der Waals surface area contributed by atoms with Gasteiger partial charge in [-0.3, -0.25) is 9.59 Å². The number of likely N-dealkylation sites (N-methyl/N-ethyl adjacent to an activating group) is 1. The maximum atomic E-state index is 14.1. The highest BCUT2D eigenvalue weighted by Crippen LogP contribution is 2.38. The summed E-state index contributed by atoms with van der Waals surface area (Å²) < 4.78 is 55.7. The molecule has 3 saturated heterocycles. The van der Waals surface area contributed by atoms with Gasteiger partial charge in [-0.2, -0.15) is 0 Å². The third-order valence-corrected chi connectivity index (χ3v) is 15.1. The molecule has 0 aliphatic carbocycles. The molecule has 0 amide bonds. The smallest absolute Gasteiger partial charge is 0.308 e. The molecule has 0 radical (unpaired) electrons. The van der Waals surface area contributed by atoms with Crippen molar-refractivity contribution in [2.75, 3.05) is 48.0 Å². The van der Waals surface area contributed by atoms with E-state index in [0.717, 1.165) is 12.0 Å². The number of hydrogen-bond donors (Lipinski definition) is 6. The van der Waals surface area contributed by atoms with E-state index in [1.807, 2.05) is 49.9 Å². The number of aliphatic hydroxyl groups is 5. The first-order valence-corrected chi connectivity index (χ1v) is 26.0. The van der Waals surface area contributed by atoms with Crippen molar-refractivity contribution in [2.45, 2.75) is 198 Å². The maximum absolute atomic E-state index is 14.1. The number of hydrogen-bond acceptors (Lipinski definition) is 18. The zero-order chi connectivity index (χ0) is 53.0. The summed E-state index contributed by atoms with van der Waals surface area (Å²) in [5.74, 6) is -2.93. The number of rotatable bonds is 17. The highest BCUT2D eigenvalue weighted by Gasteiger charge is 2.52. The second-order valence-electron chi connectivity index (χ2n) is 21.1. The predicted octanol–water partition coefficient (Wildman–Crippen LogP) is 3.47. The van der Waals surface area contributed by atoms with Crippen LogP contribution < -0.4 is 5.32 Å². The molecule has 21 atom stereocenters. The van der Waals surface area contributed by atoms with Crippen molar-refractivity contribution in [1.82, 2.24) is 10.2 Å². The lowest BCUT2D eigenvalue weighted by Crippen LogP contribution is -2.65. The first-order chi connectivity index (χ1) is 34.1. The molecule has 18 heteroatoms. The third-order valence-electron chi connectivity index (χ3n) is 15.1. The number of nitrogens with zero attached hydrogens (tertiary/aromatic N) is 1. The molecule has 4 aliphatic rings. The number of methoxy groups -OCH3 is 2. The maximum Gasteiger partial charge on any atom is 0.308 e. The van der Waals surface area contributed by atoms with E-state index < -0.39 is 127 Å². The van der Waals surface area contributed by atoms with E-state index >= 15 is 0 Å². The Kier molecular flexibility index (Phi) is 23.3. The van der Waals surface area contributed by atoms with Gasteiger partial charge in [0.2, 0.25) is 0 Å². The minimum absolute atomic E-state index is 0.0136. The van der Waals surface area contributed by atoms with E-state index in [2.05, 4.69) is 17.4 Å². The largest absolute Gasteiger partial charge is 0.462 e. The number of allylic oxidation sites excluding steroid dienone is 3. The Morgan fingerprint density at radius 2 is 1.50 bits per heavy atom. The summed E-state index contributed by atoms with van der Waals surface area (Å²) in [5, 5.41) is 60.3. The summed E-state index contributed by atoms with van der Waals surface area (Å²) in [6.07, 6.45) is -6.76. The fraction of sp³-hybridized carbons (Fsp3) is 0.778. The minimum Gasteiger partial charge on any atom is -0.462 e. The number of cyclic esters (lactones) is 1. The summed E-state index contributed by atoms with van der Waals surface area (Å²) in [6, 6.07) is 9.44. The van der Waals surface area contributed by atoms with Crippen molar-refractivity contribution < 1.29 is 77.8 Å². The van der Waals surface area contributed by atoms with Gasteiger partial charge < -0.3 is 78.4 Å². The SMILES string of the molecule is CC[C@H]1OC(=O)C[C@@H](O)[C@H](C)[C@@H](O[C@@H]2O[C@H](C)[C@@H](O[C@H]3C[C@@](C)(O)[C@@H](O)[C@H](C)O3)[C@H](N(C)C)[C@H]2O)[C@@H](CCNCCc2ccccc2)C[C@@H](C)C(=O)/C=C/C(C)=C/[C@@H]1CO[C@@H]1O[C@H](C)[C@@H](O)[C@@H](OC)[C@H]1OC. The highest BCUT2D eigenvalue weighted by atomic mass is 16.7. The molecule has 0 spiro atoms. The number of carbonyl (C=O) groups is 2. The number of carbonyl (C=O) groups excluding carboxylic acids is 2. The van der Waals surface area contributed by atoms with Gasteiger partial charge in [-0.1, -0.05) is 68.8 Å². The van der Waals surface area contributed by atoms with Gasteiger partial charge in [-0.15, -0.1) is 0 Å². The Morgan fingerprint density at radius 3 is 2.14 bits per heavy atom. The number of benzene rings is 1. The van der Waals surface area contributed by atoms with Crippen molar-refractivity contribution in [3.63, 3.8) is 0 Å². The molecule has 0 aromatic heterocycles. The van der Waals surface area contributed by atoms with Crippen LogP contribution in [0, 0.1) is 23.7 Å². The molecule has 72 heavy (non-hydrogen) atoms. The second kappa shape index (κ2) is 27.9. The van der Waals surface area contributed by atoms with Crippen molar-refractivity contribution in [3.8, 4) is 0 Å². The molecule has 1 aromatic rings. The Hall–Kier alpha value is -2.76. The van der Waals surface area contributed by atoms with Crippen LogP contribution in [0.5, 0.6) is 0 Å². The van der Waals surface area contributed by atoms with Gasteiger partial charge in [0.1, 0.15) is 42.7 Å². The third kappa shape index (κ3) is 15.9. The monoisotopic (exact) mass is 1020 g/mol. The second-order valence-corrected chi connectivity index (χ2v) is 21.1. The van der Waals surface area contributed by atoms with Gasteiger partial charge in [-0.05, 0) is 105 Å². The molecule has 4 aliphatic heterocycles. The summed E-state index contributed by atoms with van der Waals surface area (Å²) in [4.78, 5) is 30.0. The number of ether oxygens (including phenoxy) is 9. The number of nitrogens with one attached hydrogen (secondary N) is 1. The van der Waals surface area contributed by atoms with Crippen molar-refractivity contribution in [3.05, 3.63) is 59.7 Å². The molecule has 4 heterocycles. The molecule has 5 rings (SSSR count). The zero-order valence-corrected chi connectivity index (χ0v) is 44.7. The van der Waals surface area contributed by atoms with Crippen LogP contribution in [0.1, 0.15) is 93.1 Å². The standard InChI is InChI=1S/C54H88N2O16/c1-13-41-38(29-66-53-50(65-12)49(64-11)45(60)33(5)68-53)25-30(2)19-20-39(57)31(3)26-37(22-24-55-23-21-36-17-15-14-16-18-36)47(32(4)40(58)27-42(59)70-41)72-52-46(61)44(56(9)10)48(34(6)69-52)71-43-28-54(8,63)51(62)35(7)67-43/h14-20,25,31-35,37-38,40-41,43-53,55,58,60-63H,13,21-24,26-29H2,1-12H3/b20-19+,30-25+/t31-,32+,33-,34-,35+,37+,38-,40-,41-,43+,44-,45-,46-,47-,48-,49-,50-,51+,52+,53-,54-/m1/s1. The van der Waals surface area contributed by atoms with Crippen LogP contribution in [0.4, 0.5) is 0 Å². The van der Waals surface area contributed by atoms with Gasteiger partial charge in [0.15, 0.2) is 24.7 Å². The Balaban J connectivity index is 1.44. The first-order valence-electron chi connectivity index (χ1n) is 26.0. The van der Waals surface area contributed by atoms with E-state index in [0.29, 0.717) is 32.4 Å². The zero-order valence-electron chi connectivity index (χ0n) is 44.7. The molecular formula is C54H88N2O16. The van der Waals surface area contributed by atoms with E-state index in [4.69, 9.17) is 42.6 Å². The number of aliphatic hydroxyl groups excluding tert-OH is 4. The van der Waals surface area contributed by atoms with Gasteiger partial charge in [0.25, 0.3) is 0 Å². The van der Waals surface area contributed by atoms with Crippen molar-refractivity contribution in [2.24, 2.45) is 23.7 Å². The first kappa shape index (κ1) is 60.1. The van der Waals surface area contributed by atoms with E-state index in [1.54, 1.807) is 53.9 Å². The molecule has 1 aromatic carbocycles. The molecular weight excluding hydrogens is 933 g/mol.